The maximum Gasteiger partial charge on any atom is 0.339 e. The Morgan fingerprint density at radius 3 is 2.80 bits per heavy atom. The van der Waals surface area contributed by atoms with Gasteiger partial charge in [-0.2, -0.15) is 0 Å². The smallest absolute Gasteiger partial charge is 0.339 e. The standard InChI is InChI=1S/C15H19NO4/c1-10-13(15(18)19)8-12(20-10)9-16(2)14(17)7-11-5-3-4-6-11/h3,5,8,11H,4,6-7,9H2,1-2H3,(H,18,19)/t11-/m0/s1. The van der Waals surface area contributed by atoms with Gasteiger partial charge in [-0.05, 0) is 31.7 Å². The molecule has 2 rings (SSSR count). The van der Waals surface area contributed by atoms with Gasteiger partial charge < -0.3 is 14.4 Å². The molecule has 0 spiro atoms. The fraction of sp³-hybridized carbons (Fsp3) is 0.467. The minimum atomic E-state index is -1.01. The number of furan rings is 1. The number of allylic oxidation sites excluding steroid dienone is 2. The van der Waals surface area contributed by atoms with E-state index in [0.717, 1.165) is 12.8 Å². The fourth-order valence-electron chi connectivity index (χ4n) is 2.40. The summed E-state index contributed by atoms with van der Waals surface area (Å²) >= 11 is 0. The van der Waals surface area contributed by atoms with Crippen LogP contribution in [0.25, 0.3) is 0 Å². The lowest BCUT2D eigenvalue weighted by Gasteiger charge is -2.17. The van der Waals surface area contributed by atoms with Gasteiger partial charge in [-0.25, -0.2) is 4.79 Å². The van der Waals surface area contributed by atoms with Gasteiger partial charge in [0.15, 0.2) is 0 Å². The van der Waals surface area contributed by atoms with Crippen LogP contribution in [0.5, 0.6) is 0 Å². The van der Waals surface area contributed by atoms with Gasteiger partial charge in [-0.1, -0.05) is 12.2 Å². The summed E-state index contributed by atoms with van der Waals surface area (Å²) in [5, 5.41) is 8.96. The van der Waals surface area contributed by atoms with Crippen LogP contribution in [0.4, 0.5) is 0 Å². The molecule has 1 atom stereocenters. The summed E-state index contributed by atoms with van der Waals surface area (Å²) in [6.45, 7) is 1.90. The van der Waals surface area contributed by atoms with Gasteiger partial charge in [0.1, 0.15) is 17.1 Å². The molecule has 1 aliphatic rings. The van der Waals surface area contributed by atoms with E-state index in [9.17, 15) is 9.59 Å². The van der Waals surface area contributed by atoms with E-state index in [1.54, 1.807) is 18.9 Å². The Balaban J connectivity index is 1.94. The maximum atomic E-state index is 12.1. The van der Waals surface area contributed by atoms with Crippen molar-refractivity contribution in [2.45, 2.75) is 32.7 Å². The molecule has 0 aliphatic heterocycles. The lowest BCUT2D eigenvalue weighted by molar-refractivity contribution is -0.131. The average molecular weight is 277 g/mol. The Morgan fingerprint density at radius 1 is 1.50 bits per heavy atom. The van der Waals surface area contributed by atoms with E-state index >= 15 is 0 Å². The molecule has 1 amide bonds. The van der Waals surface area contributed by atoms with Gasteiger partial charge in [-0.3, -0.25) is 4.79 Å². The Kier molecular flexibility index (Phi) is 4.27. The summed E-state index contributed by atoms with van der Waals surface area (Å²) < 4.78 is 5.38. The molecule has 0 unspecified atom stereocenters. The van der Waals surface area contributed by atoms with Gasteiger partial charge in [0.05, 0.1) is 6.54 Å². The molecule has 0 aromatic carbocycles. The predicted molar refractivity (Wildman–Crippen MR) is 73.4 cm³/mol. The van der Waals surface area contributed by atoms with Gasteiger partial charge >= 0.3 is 5.97 Å². The SMILES string of the molecule is Cc1oc(CN(C)C(=O)C[C@H]2C=CCC2)cc1C(=O)O. The lowest BCUT2D eigenvalue weighted by atomic mass is 10.0. The summed E-state index contributed by atoms with van der Waals surface area (Å²) in [5.74, 6) is 0.234. The number of nitrogens with zero attached hydrogens (tertiary/aromatic N) is 1. The van der Waals surface area contributed by atoms with Crippen LogP contribution in [0.3, 0.4) is 0 Å². The highest BCUT2D eigenvalue weighted by molar-refractivity contribution is 5.88. The van der Waals surface area contributed by atoms with Crippen LogP contribution in [-0.4, -0.2) is 28.9 Å². The number of rotatable bonds is 5. The van der Waals surface area contributed by atoms with Crippen LogP contribution in [0, 0.1) is 12.8 Å². The van der Waals surface area contributed by atoms with E-state index in [4.69, 9.17) is 9.52 Å². The van der Waals surface area contributed by atoms with Gasteiger partial charge in [-0.15, -0.1) is 0 Å². The van der Waals surface area contributed by atoms with Gasteiger partial charge in [0.2, 0.25) is 5.91 Å². The third-order valence-electron chi connectivity index (χ3n) is 3.57. The number of carbonyl (C=O) groups is 2. The molecule has 0 radical (unpaired) electrons. The second-order valence-electron chi connectivity index (χ2n) is 5.21. The van der Waals surface area contributed by atoms with Crippen molar-refractivity contribution in [1.29, 1.82) is 0 Å². The molecule has 20 heavy (non-hydrogen) atoms. The maximum absolute atomic E-state index is 12.1. The molecule has 1 aromatic rings. The highest BCUT2D eigenvalue weighted by Crippen LogP contribution is 2.22. The summed E-state index contributed by atoms with van der Waals surface area (Å²) in [6, 6.07) is 1.48. The fourth-order valence-corrected chi connectivity index (χ4v) is 2.40. The third-order valence-corrected chi connectivity index (χ3v) is 3.57. The molecule has 1 heterocycles. The predicted octanol–water partition coefficient (Wildman–Crippen LogP) is 2.60. The number of carboxylic acids is 1. The number of aryl methyl sites for hydroxylation is 1. The monoisotopic (exact) mass is 277 g/mol. The van der Waals surface area contributed by atoms with Crippen LogP contribution >= 0.6 is 0 Å². The number of hydrogen-bond acceptors (Lipinski definition) is 3. The van der Waals surface area contributed by atoms with Crippen molar-refractivity contribution in [3.8, 4) is 0 Å². The molecule has 0 bridgehead atoms. The minimum Gasteiger partial charge on any atom is -0.478 e. The van der Waals surface area contributed by atoms with Crippen molar-refractivity contribution in [2.75, 3.05) is 7.05 Å². The highest BCUT2D eigenvalue weighted by Gasteiger charge is 2.19. The van der Waals surface area contributed by atoms with Crippen LogP contribution in [0.2, 0.25) is 0 Å². The summed E-state index contributed by atoms with van der Waals surface area (Å²) in [4.78, 5) is 24.6. The quantitative estimate of drug-likeness (QED) is 0.840. The Hall–Kier alpha value is -2.04. The zero-order valence-electron chi connectivity index (χ0n) is 11.8. The molecule has 5 heteroatoms. The largest absolute Gasteiger partial charge is 0.478 e. The lowest BCUT2D eigenvalue weighted by Crippen LogP contribution is -2.27. The van der Waals surface area contributed by atoms with Crippen molar-refractivity contribution in [1.82, 2.24) is 4.90 Å². The second-order valence-corrected chi connectivity index (χ2v) is 5.21. The van der Waals surface area contributed by atoms with Gasteiger partial charge in [0.25, 0.3) is 0 Å². The molecule has 0 fully saturated rings. The van der Waals surface area contributed by atoms with Crippen molar-refractivity contribution in [3.63, 3.8) is 0 Å². The number of carbonyl (C=O) groups excluding carboxylic acids is 1. The van der Waals surface area contributed by atoms with E-state index in [2.05, 4.69) is 12.2 Å². The molecule has 1 N–H and O–H groups in total. The van der Waals surface area contributed by atoms with Crippen molar-refractivity contribution < 1.29 is 19.1 Å². The number of hydrogen-bond donors (Lipinski definition) is 1. The first-order chi connectivity index (χ1) is 9.47. The van der Waals surface area contributed by atoms with Crippen LogP contribution in [-0.2, 0) is 11.3 Å². The summed E-state index contributed by atoms with van der Waals surface area (Å²) in [5.41, 5.74) is 0.152. The Bertz CT molecular complexity index is 544. The van der Waals surface area contributed by atoms with E-state index in [1.807, 2.05) is 0 Å². The van der Waals surface area contributed by atoms with Crippen LogP contribution in [0.1, 0.15) is 41.1 Å². The molecule has 0 saturated heterocycles. The second kappa shape index (κ2) is 5.94. The normalized spacial score (nSPS) is 17.4. The molecule has 0 saturated carbocycles. The molecule has 5 nitrogen and oxygen atoms in total. The summed E-state index contributed by atoms with van der Waals surface area (Å²) in [6.07, 6.45) is 6.76. The Morgan fingerprint density at radius 2 is 2.25 bits per heavy atom. The molecule has 1 aromatic heterocycles. The topological polar surface area (TPSA) is 70.8 Å². The number of aromatic carboxylic acids is 1. The van der Waals surface area contributed by atoms with E-state index in [1.165, 1.54) is 6.07 Å². The first-order valence-corrected chi connectivity index (χ1v) is 6.70. The molecular weight excluding hydrogens is 258 g/mol. The molecule has 108 valence electrons. The first-order valence-electron chi connectivity index (χ1n) is 6.70. The van der Waals surface area contributed by atoms with E-state index in [-0.39, 0.29) is 11.5 Å². The van der Waals surface area contributed by atoms with Crippen molar-refractivity contribution in [3.05, 3.63) is 35.3 Å². The first kappa shape index (κ1) is 14.4. The Labute approximate surface area is 117 Å². The minimum absolute atomic E-state index is 0.0486. The summed E-state index contributed by atoms with van der Waals surface area (Å²) in [7, 11) is 1.71. The van der Waals surface area contributed by atoms with Crippen molar-refractivity contribution >= 4 is 11.9 Å². The van der Waals surface area contributed by atoms with Crippen molar-refractivity contribution in [2.24, 2.45) is 5.92 Å². The van der Waals surface area contributed by atoms with E-state index < -0.39 is 5.97 Å². The number of amides is 1. The van der Waals surface area contributed by atoms with Crippen LogP contribution < -0.4 is 0 Å². The third kappa shape index (κ3) is 3.29. The van der Waals surface area contributed by atoms with Crippen LogP contribution in [0.15, 0.2) is 22.6 Å². The average Bonchev–Trinajstić information content (AvgIpc) is 2.98. The molecule has 1 aliphatic carbocycles. The van der Waals surface area contributed by atoms with E-state index in [0.29, 0.717) is 30.4 Å². The number of carboxylic acid groups (broad SMARTS) is 1. The highest BCUT2D eigenvalue weighted by atomic mass is 16.4. The zero-order valence-corrected chi connectivity index (χ0v) is 11.8. The zero-order chi connectivity index (χ0) is 14.7. The van der Waals surface area contributed by atoms with Gasteiger partial charge in [0, 0.05) is 13.5 Å². The molecular formula is C15H19NO4.